The highest BCUT2D eigenvalue weighted by atomic mass is 32.2. The fraction of sp³-hybridized carbons (Fsp3) is 0.455. The molecule has 2 fully saturated rings. The van der Waals surface area contributed by atoms with E-state index in [1.54, 1.807) is 17.8 Å². The fourth-order valence-electron chi connectivity index (χ4n) is 3.53. The van der Waals surface area contributed by atoms with E-state index >= 15 is 0 Å². The third-order valence-corrected chi connectivity index (χ3v) is 6.78. The van der Waals surface area contributed by atoms with Crippen LogP contribution in [0.2, 0.25) is 0 Å². The summed E-state index contributed by atoms with van der Waals surface area (Å²) < 4.78 is 18.4. The van der Waals surface area contributed by atoms with Crippen molar-refractivity contribution in [3.8, 4) is 0 Å². The van der Waals surface area contributed by atoms with E-state index in [1.165, 1.54) is 13.0 Å². The number of hydrogen-bond acceptors (Lipinski definition) is 7. The molecule has 1 aromatic rings. The molecule has 0 aromatic carbocycles. The van der Waals surface area contributed by atoms with Crippen LogP contribution in [0.1, 0.15) is 37.7 Å². The largest absolute Gasteiger partial charge is 0.394 e. The first kappa shape index (κ1) is 21.1. The number of aromatic nitrogens is 2. The normalized spacial score (nSPS) is 24.0. The number of halogens is 1. The Hall–Kier alpha value is -2.16. The van der Waals surface area contributed by atoms with Gasteiger partial charge in [-0.2, -0.15) is 0 Å². The summed E-state index contributed by atoms with van der Waals surface area (Å²) in [6, 6.07) is 2.12. The van der Waals surface area contributed by atoms with Crippen LogP contribution in [0.5, 0.6) is 0 Å². The standard InChI is InChI=1S/C22H28FN5OS/c1-15(23)2-7-19(25)30-22(8-9-22)18-14-20(28-10-12-29-13-11-28)27-21(26-18)16-3-5-17(24)6-4-16/h2-5,7,14,17H,6,8-13,24-25H2,1H3/b15-2+,19-7+. The second-order valence-electron chi connectivity index (χ2n) is 7.87. The molecule has 4 N–H and O–H groups in total. The van der Waals surface area contributed by atoms with Crippen LogP contribution in [0.15, 0.2) is 47.3 Å². The molecule has 1 saturated heterocycles. The molecule has 6 nitrogen and oxygen atoms in total. The molecule has 2 heterocycles. The van der Waals surface area contributed by atoms with Gasteiger partial charge in [-0.3, -0.25) is 0 Å². The predicted molar refractivity (Wildman–Crippen MR) is 120 cm³/mol. The Morgan fingerprint density at radius 2 is 2.07 bits per heavy atom. The molecule has 0 bridgehead atoms. The van der Waals surface area contributed by atoms with Crippen molar-refractivity contribution in [3.05, 3.63) is 58.8 Å². The fourth-order valence-corrected chi connectivity index (χ4v) is 4.64. The van der Waals surface area contributed by atoms with Crippen molar-refractivity contribution in [2.24, 2.45) is 11.5 Å². The maximum absolute atomic E-state index is 13.1. The zero-order valence-corrected chi connectivity index (χ0v) is 18.0. The summed E-state index contributed by atoms with van der Waals surface area (Å²) in [7, 11) is 0. The highest BCUT2D eigenvalue weighted by Gasteiger charge is 2.47. The van der Waals surface area contributed by atoms with Gasteiger partial charge in [-0.1, -0.05) is 30.0 Å². The summed E-state index contributed by atoms with van der Waals surface area (Å²) in [5.74, 6) is 1.36. The molecule has 30 heavy (non-hydrogen) atoms. The van der Waals surface area contributed by atoms with Crippen LogP contribution < -0.4 is 16.4 Å². The third kappa shape index (κ3) is 4.94. The van der Waals surface area contributed by atoms with Crippen molar-refractivity contribution >= 4 is 23.2 Å². The maximum atomic E-state index is 13.1. The van der Waals surface area contributed by atoms with Gasteiger partial charge in [0.05, 0.1) is 34.5 Å². The molecule has 1 aromatic heterocycles. The summed E-state index contributed by atoms with van der Waals surface area (Å²) >= 11 is 1.56. The molecule has 0 radical (unpaired) electrons. The molecule has 160 valence electrons. The molecule has 0 spiro atoms. The van der Waals surface area contributed by atoms with Gasteiger partial charge < -0.3 is 21.1 Å². The molecule has 0 amide bonds. The molecule has 3 aliphatic rings. The smallest absolute Gasteiger partial charge is 0.161 e. The SMILES string of the molecule is C/C(F)=C\C=C(/N)SC1(c2cc(N3CCOCC3)nc(C3=CCC(N)C=C3)n2)CC1. The van der Waals surface area contributed by atoms with E-state index in [2.05, 4.69) is 17.0 Å². The highest BCUT2D eigenvalue weighted by molar-refractivity contribution is 8.04. The number of hydrogen-bond donors (Lipinski definition) is 2. The number of morpholine rings is 1. The number of anilines is 1. The monoisotopic (exact) mass is 429 g/mol. The summed E-state index contributed by atoms with van der Waals surface area (Å²) in [6.07, 6.45) is 11.8. The van der Waals surface area contributed by atoms with Crippen molar-refractivity contribution in [3.63, 3.8) is 0 Å². The quantitative estimate of drug-likeness (QED) is 0.670. The molecular formula is C22H28FN5OS. The Balaban J connectivity index is 1.68. The first-order valence-electron chi connectivity index (χ1n) is 10.3. The van der Waals surface area contributed by atoms with Crippen molar-refractivity contribution in [1.29, 1.82) is 0 Å². The van der Waals surface area contributed by atoms with Crippen molar-refractivity contribution in [2.45, 2.75) is 37.0 Å². The van der Waals surface area contributed by atoms with E-state index < -0.39 is 0 Å². The van der Waals surface area contributed by atoms with Gasteiger partial charge in [0.25, 0.3) is 0 Å². The van der Waals surface area contributed by atoms with Gasteiger partial charge in [0, 0.05) is 30.8 Å². The van der Waals surface area contributed by atoms with Crippen LogP contribution in [0, 0.1) is 0 Å². The van der Waals surface area contributed by atoms with E-state index in [1.807, 2.05) is 12.2 Å². The predicted octanol–water partition coefficient (Wildman–Crippen LogP) is 3.38. The summed E-state index contributed by atoms with van der Waals surface area (Å²) in [6.45, 7) is 4.40. The van der Waals surface area contributed by atoms with Gasteiger partial charge in [-0.15, -0.1) is 0 Å². The van der Waals surface area contributed by atoms with Crippen LogP contribution >= 0.6 is 11.8 Å². The first-order chi connectivity index (χ1) is 14.4. The lowest BCUT2D eigenvalue weighted by atomic mass is 10.0. The van der Waals surface area contributed by atoms with Gasteiger partial charge in [-0.25, -0.2) is 14.4 Å². The van der Waals surface area contributed by atoms with Gasteiger partial charge in [-0.05, 0) is 38.3 Å². The molecule has 8 heteroatoms. The Morgan fingerprint density at radius 1 is 1.30 bits per heavy atom. The lowest BCUT2D eigenvalue weighted by Gasteiger charge is -2.29. The van der Waals surface area contributed by atoms with Crippen LogP contribution in [0.4, 0.5) is 10.2 Å². The number of nitrogens with zero attached hydrogens (tertiary/aromatic N) is 3. The lowest BCUT2D eigenvalue weighted by molar-refractivity contribution is 0.122. The molecule has 2 aliphatic carbocycles. The van der Waals surface area contributed by atoms with Gasteiger partial charge in [0.1, 0.15) is 5.82 Å². The van der Waals surface area contributed by atoms with Crippen LogP contribution in [0.3, 0.4) is 0 Å². The summed E-state index contributed by atoms with van der Waals surface area (Å²) in [4.78, 5) is 12.0. The number of allylic oxidation sites excluding steroid dienone is 5. The minimum Gasteiger partial charge on any atom is -0.394 e. The lowest BCUT2D eigenvalue weighted by Crippen LogP contribution is -2.37. The van der Waals surface area contributed by atoms with Crippen molar-refractivity contribution in [1.82, 2.24) is 9.97 Å². The molecular weight excluding hydrogens is 401 g/mol. The van der Waals surface area contributed by atoms with Crippen molar-refractivity contribution in [2.75, 3.05) is 31.2 Å². The Kier molecular flexibility index (Phi) is 6.26. The molecule has 1 aliphatic heterocycles. The first-order valence-corrected chi connectivity index (χ1v) is 11.1. The van der Waals surface area contributed by atoms with Crippen molar-refractivity contribution < 1.29 is 9.13 Å². The highest BCUT2D eigenvalue weighted by Crippen LogP contribution is 2.58. The van der Waals surface area contributed by atoms with E-state index in [-0.39, 0.29) is 16.6 Å². The Morgan fingerprint density at radius 3 is 2.70 bits per heavy atom. The summed E-state index contributed by atoms with van der Waals surface area (Å²) in [5.41, 5.74) is 14.1. The zero-order chi connectivity index (χ0) is 21.1. The number of rotatable bonds is 6. The van der Waals surface area contributed by atoms with Crippen LogP contribution in [0.25, 0.3) is 5.57 Å². The second kappa shape index (κ2) is 8.91. The number of ether oxygens (including phenoxy) is 1. The third-order valence-electron chi connectivity index (χ3n) is 5.40. The van der Waals surface area contributed by atoms with E-state index in [0.717, 1.165) is 49.4 Å². The van der Waals surface area contributed by atoms with Gasteiger partial charge in [0.2, 0.25) is 0 Å². The van der Waals surface area contributed by atoms with E-state index in [9.17, 15) is 4.39 Å². The maximum Gasteiger partial charge on any atom is 0.161 e. The minimum absolute atomic E-state index is 0.0397. The van der Waals surface area contributed by atoms with Crippen LogP contribution in [-0.2, 0) is 9.48 Å². The van der Waals surface area contributed by atoms with E-state index in [4.69, 9.17) is 26.2 Å². The molecule has 1 atom stereocenters. The van der Waals surface area contributed by atoms with Gasteiger partial charge >= 0.3 is 0 Å². The van der Waals surface area contributed by atoms with Gasteiger partial charge in [0.15, 0.2) is 5.82 Å². The van der Waals surface area contributed by atoms with E-state index in [0.29, 0.717) is 24.1 Å². The average Bonchev–Trinajstić information content (AvgIpc) is 3.54. The molecule has 1 saturated carbocycles. The Bertz CT molecular complexity index is 912. The number of nitrogens with two attached hydrogens (primary N) is 2. The Labute approximate surface area is 181 Å². The summed E-state index contributed by atoms with van der Waals surface area (Å²) in [5, 5.41) is 0.584. The second-order valence-corrected chi connectivity index (χ2v) is 9.33. The molecule has 1 unspecified atom stereocenters. The average molecular weight is 430 g/mol. The topological polar surface area (TPSA) is 90.3 Å². The number of thioether (sulfide) groups is 1. The zero-order valence-electron chi connectivity index (χ0n) is 17.2. The minimum atomic E-state index is -0.267. The molecule has 4 rings (SSSR count). The van der Waals surface area contributed by atoms with Crippen LogP contribution in [-0.4, -0.2) is 42.3 Å².